The second-order valence-electron chi connectivity index (χ2n) is 15.6. The summed E-state index contributed by atoms with van der Waals surface area (Å²) in [5, 5.41) is 19.6. The Balaban J connectivity index is 1.19. The van der Waals surface area contributed by atoms with Crippen molar-refractivity contribution in [2.45, 2.75) is 0 Å². The molecule has 0 N–H and O–H groups in total. The van der Waals surface area contributed by atoms with Gasteiger partial charge in [-0.1, -0.05) is 109 Å². The van der Waals surface area contributed by atoms with E-state index >= 15 is 0 Å². The van der Waals surface area contributed by atoms with Crippen LogP contribution in [0.25, 0.3) is 110 Å². The van der Waals surface area contributed by atoms with Crippen molar-refractivity contribution in [3.8, 4) is 28.8 Å². The van der Waals surface area contributed by atoms with Crippen LogP contribution >= 0.6 is 0 Å². The minimum absolute atomic E-state index is 0.638. The van der Waals surface area contributed by atoms with Crippen LogP contribution in [0.15, 0.2) is 200 Å². The molecule has 4 aromatic heterocycles. The minimum atomic E-state index is 0.638. The highest BCUT2D eigenvalue weighted by Gasteiger charge is 2.24. The normalized spacial score (nSPS) is 12.0. The summed E-state index contributed by atoms with van der Waals surface area (Å²) >= 11 is 0. The van der Waals surface area contributed by atoms with E-state index in [1.807, 2.05) is 12.1 Å². The number of rotatable bonds is 4. The van der Waals surface area contributed by atoms with Gasteiger partial charge in [0, 0.05) is 65.8 Å². The lowest BCUT2D eigenvalue weighted by Gasteiger charge is -2.11. The number of benzene rings is 9. The lowest BCUT2D eigenvalue weighted by molar-refractivity contribution is 1.16. The molecule has 60 heavy (non-hydrogen) atoms. The fraction of sp³-hybridized carbons (Fsp3) is 0. The molecule has 278 valence electrons. The topological polar surface area (TPSA) is 43.5 Å². The Morgan fingerprint density at radius 3 is 1.33 bits per heavy atom. The zero-order chi connectivity index (χ0) is 39.5. The standard InChI is InChI=1S/C55H33N5/c56-34-35-24-26-41-43-28-31-50-53(55(43)60(51(41)32-35)38-18-8-3-9-19-38)45-33-39(25-29-48(45)57(50)36-14-4-1-5-15-36)58-47-23-13-11-21-44(47)52-49(58)30-27-42-40-20-10-12-22-46(40)59(54(42)52)37-16-6-2-7-17-37/h1-33H. The van der Waals surface area contributed by atoms with Gasteiger partial charge in [0.1, 0.15) is 0 Å². The van der Waals surface area contributed by atoms with Crippen LogP contribution in [-0.4, -0.2) is 18.3 Å². The fourth-order valence-corrected chi connectivity index (χ4v) is 10.1. The summed E-state index contributed by atoms with van der Waals surface area (Å²) in [6, 6.07) is 74.2. The molecule has 4 heterocycles. The van der Waals surface area contributed by atoms with Crippen LogP contribution in [0, 0.1) is 11.3 Å². The van der Waals surface area contributed by atoms with Crippen molar-refractivity contribution in [3.63, 3.8) is 0 Å². The molecular weight excluding hydrogens is 731 g/mol. The maximum Gasteiger partial charge on any atom is 0.0992 e. The highest BCUT2D eigenvalue weighted by atomic mass is 15.0. The molecule has 0 aliphatic heterocycles. The number of fused-ring (bicyclic) bond motifs is 14. The Hall–Kier alpha value is -8.33. The van der Waals surface area contributed by atoms with Gasteiger partial charge in [-0.2, -0.15) is 5.26 Å². The molecule has 0 saturated heterocycles. The van der Waals surface area contributed by atoms with E-state index in [0.717, 1.165) is 72.0 Å². The molecule has 0 atom stereocenters. The van der Waals surface area contributed by atoms with E-state index in [-0.39, 0.29) is 0 Å². The molecule has 0 bridgehead atoms. The van der Waals surface area contributed by atoms with E-state index in [0.29, 0.717) is 5.56 Å². The van der Waals surface area contributed by atoms with Crippen molar-refractivity contribution in [1.82, 2.24) is 18.3 Å². The number of nitrogens with zero attached hydrogens (tertiary/aromatic N) is 5. The molecule has 0 aliphatic rings. The van der Waals surface area contributed by atoms with Crippen molar-refractivity contribution >= 4 is 87.2 Å². The minimum Gasteiger partial charge on any atom is -0.309 e. The summed E-state index contributed by atoms with van der Waals surface area (Å²) in [4.78, 5) is 0. The molecule has 13 aromatic rings. The van der Waals surface area contributed by atoms with Crippen molar-refractivity contribution in [2.75, 3.05) is 0 Å². The highest BCUT2D eigenvalue weighted by molar-refractivity contribution is 6.28. The van der Waals surface area contributed by atoms with Crippen molar-refractivity contribution in [2.24, 2.45) is 0 Å². The van der Waals surface area contributed by atoms with Crippen LogP contribution in [0.1, 0.15) is 5.56 Å². The first-order chi connectivity index (χ1) is 29.8. The van der Waals surface area contributed by atoms with Crippen LogP contribution < -0.4 is 0 Å². The first-order valence-electron chi connectivity index (χ1n) is 20.3. The third-order valence-corrected chi connectivity index (χ3v) is 12.5. The molecule has 0 amide bonds. The van der Waals surface area contributed by atoms with Gasteiger partial charge in [0.05, 0.1) is 55.8 Å². The second kappa shape index (κ2) is 12.3. The first kappa shape index (κ1) is 32.7. The van der Waals surface area contributed by atoms with E-state index in [2.05, 4.69) is 212 Å². The summed E-state index contributed by atoms with van der Waals surface area (Å²) in [5.74, 6) is 0. The van der Waals surface area contributed by atoms with Crippen molar-refractivity contribution < 1.29 is 0 Å². The van der Waals surface area contributed by atoms with E-state index in [1.54, 1.807) is 0 Å². The molecule has 13 rings (SSSR count). The number of nitriles is 1. The van der Waals surface area contributed by atoms with E-state index in [4.69, 9.17) is 0 Å². The average molecular weight is 764 g/mol. The summed E-state index contributed by atoms with van der Waals surface area (Å²) in [5.41, 5.74) is 14.1. The van der Waals surface area contributed by atoms with Gasteiger partial charge in [0.15, 0.2) is 0 Å². The third kappa shape index (κ3) is 4.39. The Morgan fingerprint density at radius 2 is 0.717 bits per heavy atom. The number of para-hydroxylation sites is 5. The first-order valence-corrected chi connectivity index (χ1v) is 20.3. The molecule has 0 unspecified atom stereocenters. The van der Waals surface area contributed by atoms with Crippen LogP contribution in [-0.2, 0) is 0 Å². The molecule has 0 saturated carbocycles. The average Bonchev–Trinajstić information content (AvgIpc) is 4.04. The van der Waals surface area contributed by atoms with Gasteiger partial charge in [0.25, 0.3) is 0 Å². The maximum absolute atomic E-state index is 10.0. The summed E-state index contributed by atoms with van der Waals surface area (Å²) in [6.07, 6.45) is 0. The van der Waals surface area contributed by atoms with E-state index in [1.165, 1.54) is 38.0 Å². The third-order valence-electron chi connectivity index (χ3n) is 12.5. The van der Waals surface area contributed by atoms with E-state index in [9.17, 15) is 5.26 Å². The lowest BCUT2D eigenvalue weighted by atomic mass is 10.1. The smallest absolute Gasteiger partial charge is 0.0992 e. The van der Waals surface area contributed by atoms with Gasteiger partial charge in [0.2, 0.25) is 0 Å². The predicted octanol–water partition coefficient (Wildman–Crippen LogP) is 13.9. The predicted molar refractivity (Wildman–Crippen MR) is 249 cm³/mol. The van der Waals surface area contributed by atoms with Crippen LogP contribution in [0.3, 0.4) is 0 Å². The zero-order valence-electron chi connectivity index (χ0n) is 32.3. The summed E-state index contributed by atoms with van der Waals surface area (Å²) in [7, 11) is 0. The number of aromatic nitrogens is 4. The molecule has 0 aliphatic carbocycles. The maximum atomic E-state index is 10.0. The molecular formula is C55H33N5. The molecule has 9 aromatic carbocycles. The lowest BCUT2D eigenvalue weighted by Crippen LogP contribution is -1.96. The van der Waals surface area contributed by atoms with Gasteiger partial charge >= 0.3 is 0 Å². The SMILES string of the molecule is N#Cc1ccc2c3ccc4c(c5cc(-n6c7ccccc7c7c6ccc6c8ccccc8n(-c8ccccc8)c67)ccc5n4-c4ccccc4)c3n(-c3ccccc3)c2c1. The van der Waals surface area contributed by atoms with Crippen LogP contribution in [0.5, 0.6) is 0 Å². The largest absolute Gasteiger partial charge is 0.309 e. The fourth-order valence-electron chi connectivity index (χ4n) is 10.1. The van der Waals surface area contributed by atoms with Gasteiger partial charge in [-0.05, 0) is 91.0 Å². The molecule has 5 heteroatoms. The monoisotopic (exact) mass is 763 g/mol. The molecule has 5 nitrogen and oxygen atoms in total. The summed E-state index contributed by atoms with van der Waals surface area (Å²) in [6.45, 7) is 0. The van der Waals surface area contributed by atoms with Crippen molar-refractivity contribution in [1.29, 1.82) is 5.26 Å². The van der Waals surface area contributed by atoms with Gasteiger partial charge in [-0.15, -0.1) is 0 Å². The second-order valence-corrected chi connectivity index (χ2v) is 15.6. The van der Waals surface area contributed by atoms with Gasteiger partial charge < -0.3 is 18.3 Å². The molecule has 0 spiro atoms. The molecule has 0 fully saturated rings. The van der Waals surface area contributed by atoms with Gasteiger partial charge in [-0.3, -0.25) is 0 Å². The van der Waals surface area contributed by atoms with Crippen molar-refractivity contribution in [3.05, 3.63) is 206 Å². The van der Waals surface area contributed by atoms with Crippen LogP contribution in [0.2, 0.25) is 0 Å². The summed E-state index contributed by atoms with van der Waals surface area (Å²) < 4.78 is 9.65. The number of hydrogen-bond donors (Lipinski definition) is 0. The molecule has 0 radical (unpaired) electrons. The Kier molecular flexibility index (Phi) is 6.73. The highest BCUT2D eigenvalue weighted by Crippen LogP contribution is 2.45. The number of hydrogen-bond acceptors (Lipinski definition) is 1. The Labute approximate surface area is 344 Å². The van der Waals surface area contributed by atoms with Crippen LogP contribution in [0.4, 0.5) is 0 Å². The Bertz CT molecular complexity index is 3930. The quantitative estimate of drug-likeness (QED) is 0.176. The van der Waals surface area contributed by atoms with E-state index < -0.39 is 0 Å². The van der Waals surface area contributed by atoms with Gasteiger partial charge in [-0.25, -0.2) is 0 Å². The Morgan fingerprint density at radius 1 is 0.283 bits per heavy atom. The zero-order valence-corrected chi connectivity index (χ0v) is 32.3.